The van der Waals surface area contributed by atoms with Gasteiger partial charge in [0.15, 0.2) is 0 Å². The van der Waals surface area contributed by atoms with Crippen molar-refractivity contribution in [1.82, 2.24) is 0 Å². The Kier molecular flexibility index (Phi) is 6.80. The fraction of sp³-hybridized carbons (Fsp3) is 0.783. The number of rotatable bonds is 7. The Bertz CT molecular complexity index is 575. The summed E-state index contributed by atoms with van der Waals surface area (Å²) in [4.78, 5) is 10.8. The first kappa shape index (κ1) is 20.6. The second-order valence-electron chi connectivity index (χ2n) is 8.94. The molecule has 3 rings (SSSR count). The summed E-state index contributed by atoms with van der Waals surface area (Å²) in [5.41, 5.74) is 1.53. The molecule has 27 heavy (non-hydrogen) atoms. The summed E-state index contributed by atoms with van der Waals surface area (Å²) in [6.45, 7) is 2.21. The van der Waals surface area contributed by atoms with Gasteiger partial charge in [-0.15, -0.1) is 0 Å². The van der Waals surface area contributed by atoms with Crippen LogP contribution in [-0.2, 0) is 4.79 Å². The Morgan fingerprint density at radius 1 is 1.26 bits per heavy atom. The first-order chi connectivity index (χ1) is 13.0. The molecule has 0 bridgehead atoms. The van der Waals surface area contributed by atoms with Gasteiger partial charge in [0.05, 0.1) is 12.2 Å². The van der Waals surface area contributed by atoms with Crippen molar-refractivity contribution < 1.29 is 20.1 Å². The van der Waals surface area contributed by atoms with Crippen molar-refractivity contribution in [2.75, 3.05) is 0 Å². The Morgan fingerprint density at radius 3 is 2.67 bits per heavy atom. The van der Waals surface area contributed by atoms with Gasteiger partial charge in [-0.05, 0) is 62.2 Å². The third-order valence-corrected chi connectivity index (χ3v) is 7.63. The van der Waals surface area contributed by atoms with Crippen LogP contribution in [0, 0.1) is 23.2 Å². The van der Waals surface area contributed by atoms with Crippen LogP contribution < -0.4 is 0 Å². The predicted octanol–water partition coefficient (Wildman–Crippen LogP) is 4.46. The first-order valence-corrected chi connectivity index (χ1v) is 10.9. The molecule has 0 radical (unpaired) electrons. The third kappa shape index (κ3) is 4.32. The van der Waals surface area contributed by atoms with Crippen molar-refractivity contribution in [2.24, 2.45) is 23.2 Å². The molecule has 3 aliphatic rings. The van der Waals surface area contributed by atoms with Crippen LogP contribution in [0.1, 0.15) is 77.6 Å². The lowest BCUT2D eigenvalue weighted by Crippen LogP contribution is -2.53. The molecule has 3 aliphatic carbocycles. The molecule has 152 valence electrons. The second kappa shape index (κ2) is 8.91. The van der Waals surface area contributed by atoms with Crippen molar-refractivity contribution in [3.8, 4) is 0 Å². The second-order valence-corrected chi connectivity index (χ2v) is 8.94. The zero-order chi connectivity index (χ0) is 19.4. The van der Waals surface area contributed by atoms with Crippen LogP contribution in [0.15, 0.2) is 23.8 Å². The molecular formula is C23H36O4. The summed E-state index contributed by atoms with van der Waals surface area (Å²) in [6.07, 6.45) is 16.0. The van der Waals surface area contributed by atoms with Gasteiger partial charge in [-0.25, -0.2) is 0 Å². The number of aliphatic hydroxyl groups excluding tert-OH is 2. The van der Waals surface area contributed by atoms with E-state index in [4.69, 9.17) is 5.11 Å². The van der Waals surface area contributed by atoms with E-state index in [0.717, 1.165) is 38.5 Å². The van der Waals surface area contributed by atoms with Gasteiger partial charge in [0, 0.05) is 12.3 Å². The minimum absolute atomic E-state index is 0.105. The third-order valence-electron chi connectivity index (χ3n) is 7.63. The van der Waals surface area contributed by atoms with Gasteiger partial charge >= 0.3 is 5.97 Å². The number of carboxylic acid groups (broad SMARTS) is 1. The molecule has 5 atom stereocenters. The van der Waals surface area contributed by atoms with Crippen molar-refractivity contribution in [1.29, 1.82) is 0 Å². The molecule has 0 aromatic carbocycles. The van der Waals surface area contributed by atoms with E-state index in [1.54, 1.807) is 0 Å². The highest BCUT2D eigenvalue weighted by molar-refractivity contribution is 5.66. The zero-order valence-corrected chi connectivity index (χ0v) is 16.6. The summed E-state index contributed by atoms with van der Waals surface area (Å²) in [5, 5.41) is 30.1. The fourth-order valence-electron chi connectivity index (χ4n) is 5.92. The SMILES string of the molecule is CC[C@@]12CC[C@H](O)[C@@H](C=CC(O)C3CCCCC3)[C@@H]1CC2=CCCC(=O)O. The maximum atomic E-state index is 10.8. The van der Waals surface area contributed by atoms with E-state index in [-0.39, 0.29) is 30.0 Å². The highest BCUT2D eigenvalue weighted by atomic mass is 16.4. The fourth-order valence-corrected chi connectivity index (χ4v) is 5.92. The smallest absolute Gasteiger partial charge is 0.303 e. The zero-order valence-electron chi connectivity index (χ0n) is 16.6. The highest BCUT2D eigenvalue weighted by Crippen LogP contribution is 2.63. The molecule has 3 saturated carbocycles. The van der Waals surface area contributed by atoms with Crippen molar-refractivity contribution in [3.05, 3.63) is 23.8 Å². The summed E-state index contributed by atoms with van der Waals surface area (Å²) in [6, 6.07) is 0. The monoisotopic (exact) mass is 376 g/mol. The van der Waals surface area contributed by atoms with Gasteiger partial charge in [-0.1, -0.05) is 50.0 Å². The van der Waals surface area contributed by atoms with E-state index in [9.17, 15) is 15.0 Å². The number of carboxylic acids is 1. The van der Waals surface area contributed by atoms with Gasteiger partial charge in [-0.3, -0.25) is 4.79 Å². The number of carbonyl (C=O) groups is 1. The van der Waals surface area contributed by atoms with E-state index in [0.29, 0.717) is 18.3 Å². The standard InChI is InChI=1S/C23H36O4/c1-2-23-14-13-21(25)18(11-12-20(24)16-7-4-3-5-8-16)19(23)15-17(23)9-6-10-22(26)27/h9,11-12,16,18-21,24-25H,2-8,10,13-15H2,1H3,(H,26,27)/t18-,19-,20?,21-,23-/m0/s1. The molecule has 0 aromatic rings. The molecular weight excluding hydrogens is 340 g/mol. The number of fused-ring (bicyclic) bond motifs is 1. The molecule has 0 amide bonds. The number of allylic oxidation sites excluding steroid dienone is 2. The summed E-state index contributed by atoms with van der Waals surface area (Å²) < 4.78 is 0. The Balaban J connectivity index is 1.67. The maximum absolute atomic E-state index is 10.8. The molecule has 4 heteroatoms. The Labute approximate surface area is 163 Å². The molecule has 0 spiro atoms. The number of aliphatic carboxylic acids is 1. The molecule has 0 aliphatic heterocycles. The van der Waals surface area contributed by atoms with Crippen LogP contribution in [-0.4, -0.2) is 33.5 Å². The molecule has 3 fully saturated rings. The number of aliphatic hydroxyl groups is 2. The van der Waals surface area contributed by atoms with Crippen molar-refractivity contribution in [2.45, 2.75) is 89.8 Å². The summed E-state index contributed by atoms with van der Waals surface area (Å²) in [7, 11) is 0. The van der Waals surface area contributed by atoms with Gasteiger partial charge in [-0.2, -0.15) is 0 Å². The van der Waals surface area contributed by atoms with E-state index in [2.05, 4.69) is 19.1 Å². The topological polar surface area (TPSA) is 77.8 Å². The van der Waals surface area contributed by atoms with Crippen molar-refractivity contribution in [3.63, 3.8) is 0 Å². The van der Waals surface area contributed by atoms with Crippen LogP contribution in [0.25, 0.3) is 0 Å². The minimum atomic E-state index is -0.746. The lowest BCUT2D eigenvalue weighted by atomic mass is 9.46. The average molecular weight is 377 g/mol. The van der Waals surface area contributed by atoms with Crippen LogP contribution in [0.5, 0.6) is 0 Å². The van der Waals surface area contributed by atoms with E-state index in [1.165, 1.54) is 24.8 Å². The molecule has 0 heterocycles. The van der Waals surface area contributed by atoms with Crippen LogP contribution >= 0.6 is 0 Å². The lowest BCUT2D eigenvalue weighted by molar-refractivity contribution is -0.136. The summed E-state index contributed by atoms with van der Waals surface area (Å²) in [5.74, 6) is 0.148. The minimum Gasteiger partial charge on any atom is -0.481 e. The van der Waals surface area contributed by atoms with Gasteiger partial charge in [0.1, 0.15) is 0 Å². The van der Waals surface area contributed by atoms with Crippen LogP contribution in [0.4, 0.5) is 0 Å². The predicted molar refractivity (Wildman–Crippen MR) is 106 cm³/mol. The highest BCUT2D eigenvalue weighted by Gasteiger charge is 2.55. The summed E-state index contributed by atoms with van der Waals surface area (Å²) >= 11 is 0. The quantitative estimate of drug-likeness (QED) is 0.573. The van der Waals surface area contributed by atoms with Crippen LogP contribution in [0.3, 0.4) is 0 Å². The normalized spacial score (nSPS) is 37.1. The van der Waals surface area contributed by atoms with Gasteiger partial charge in [0.25, 0.3) is 0 Å². The molecule has 0 saturated heterocycles. The van der Waals surface area contributed by atoms with Gasteiger partial charge < -0.3 is 15.3 Å². The van der Waals surface area contributed by atoms with Crippen LogP contribution in [0.2, 0.25) is 0 Å². The average Bonchev–Trinajstić information content (AvgIpc) is 2.66. The number of hydrogen-bond acceptors (Lipinski definition) is 3. The molecule has 3 N–H and O–H groups in total. The van der Waals surface area contributed by atoms with E-state index in [1.807, 2.05) is 6.08 Å². The Hall–Kier alpha value is -1.13. The van der Waals surface area contributed by atoms with Crippen molar-refractivity contribution >= 4 is 5.97 Å². The van der Waals surface area contributed by atoms with Gasteiger partial charge in [0.2, 0.25) is 0 Å². The van der Waals surface area contributed by atoms with E-state index < -0.39 is 5.97 Å². The van der Waals surface area contributed by atoms with E-state index >= 15 is 0 Å². The molecule has 4 nitrogen and oxygen atoms in total. The molecule has 1 unspecified atom stereocenters. The first-order valence-electron chi connectivity index (χ1n) is 10.9. The maximum Gasteiger partial charge on any atom is 0.303 e. The Morgan fingerprint density at radius 2 is 2.00 bits per heavy atom. The molecule has 0 aromatic heterocycles. The largest absolute Gasteiger partial charge is 0.481 e. The lowest BCUT2D eigenvalue weighted by Gasteiger charge is -2.59. The number of hydrogen-bond donors (Lipinski definition) is 3.